The molecule has 1 aromatic heterocycles. The minimum Gasteiger partial charge on any atom is -0.481 e. The summed E-state index contributed by atoms with van der Waals surface area (Å²) < 4.78 is 19.1. The second kappa shape index (κ2) is 7.65. The smallest absolute Gasteiger partial charge is 0.306 e. The molecule has 31 heavy (non-hydrogen) atoms. The molecule has 2 aliphatic carbocycles. The number of hydrogen-bond donors (Lipinski definition) is 1. The average Bonchev–Trinajstić information content (AvgIpc) is 3.47. The van der Waals surface area contributed by atoms with Crippen molar-refractivity contribution in [1.29, 1.82) is 0 Å². The lowest BCUT2D eigenvalue weighted by atomic mass is 9.76. The Kier molecular flexibility index (Phi) is 4.94. The fourth-order valence-corrected chi connectivity index (χ4v) is 4.84. The number of carboxylic acid groups (broad SMARTS) is 1. The van der Waals surface area contributed by atoms with Crippen LogP contribution in [0.2, 0.25) is 0 Å². The predicted octanol–water partition coefficient (Wildman–Crippen LogP) is 3.73. The molecule has 1 N–H and O–H groups in total. The van der Waals surface area contributed by atoms with Crippen LogP contribution in [-0.2, 0) is 16.8 Å². The molecule has 1 spiro atoms. The van der Waals surface area contributed by atoms with Crippen LogP contribution in [0.15, 0.2) is 30.5 Å². The van der Waals surface area contributed by atoms with Crippen molar-refractivity contribution in [2.75, 3.05) is 13.2 Å². The second-order valence-corrected chi connectivity index (χ2v) is 8.91. The quantitative estimate of drug-likeness (QED) is 0.764. The number of carboxylic acids is 1. The van der Waals surface area contributed by atoms with Crippen LogP contribution < -0.4 is 4.74 Å². The van der Waals surface area contributed by atoms with Gasteiger partial charge in [-0.3, -0.25) is 9.69 Å². The second-order valence-electron chi connectivity index (χ2n) is 8.91. The molecule has 0 bridgehead atoms. The fourth-order valence-electron chi connectivity index (χ4n) is 4.84. The largest absolute Gasteiger partial charge is 0.481 e. The van der Waals surface area contributed by atoms with E-state index in [1.54, 1.807) is 6.92 Å². The zero-order chi connectivity index (χ0) is 21.6. The normalized spacial score (nSPS) is 23.3. The Bertz CT molecular complexity index is 1090. The lowest BCUT2D eigenvalue weighted by Crippen LogP contribution is -2.51. The molecule has 0 atom stereocenters. The van der Waals surface area contributed by atoms with Crippen molar-refractivity contribution in [3.05, 3.63) is 58.5 Å². The van der Waals surface area contributed by atoms with Crippen LogP contribution in [0.25, 0.3) is 0 Å². The van der Waals surface area contributed by atoms with Gasteiger partial charge in [0.1, 0.15) is 0 Å². The lowest BCUT2D eigenvalue weighted by Gasteiger charge is -2.46. The van der Waals surface area contributed by atoms with Crippen molar-refractivity contribution in [1.82, 2.24) is 9.88 Å². The number of halogens is 1. The third-order valence-electron chi connectivity index (χ3n) is 6.83. The van der Waals surface area contributed by atoms with Crippen molar-refractivity contribution in [3.8, 4) is 17.7 Å². The van der Waals surface area contributed by atoms with Gasteiger partial charge in [-0.15, -0.1) is 0 Å². The van der Waals surface area contributed by atoms with E-state index in [1.165, 1.54) is 23.4 Å². The van der Waals surface area contributed by atoms with Gasteiger partial charge in [0.25, 0.3) is 0 Å². The summed E-state index contributed by atoms with van der Waals surface area (Å²) in [6, 6.07) is 8.09. The molecule has 2 fully saturated rings. The lowest BCUT2D eigenvalue weighted by molar-refractivity contribution is -0.147. The Balaban J connectivity index is 1.34. The third kappa shape index (κ3) is 3.79. The van der Waals surface area contributed by atoms with E-state index in [2.05, 4.69) is 33.9 Å². The Hall–Kier alpha value is -2.91. The minimum absolute atomic E-state index is 0.00296. The topological polar surface area (TPSA) is 62.7 Å². The summed E-state index contributed by atoms with van der Waals surface area (Å²) in [6.45, 7) is 4.03. The molecule has 0 saturated heterocycles. The number of ether oxygens (including phenoxy) is 1. The maximum absolute atomic E-state index is 14.0. The van der Waals surface area contributed by atoms with E-state index in [4.69, 9.17) is 4.74 Å². The van der Waals surface area contributed by atoms with Gasteiger partial charge in [0.15, 0.2) is 5.82 Å². The van der Waals surface area contributed by atoms with Crippen LogP contribution in [-0.4, -0.2) is 40.2 Å². The standard InChI is InChI=1S/C25H25FN2O3/c1-2-31-23-22(26)10-17(13-27-23)4-3-16-5-6-18-14-28(20-11-19(12-20)24(29)30)15-25(7-8-25)21(18)9-16/h5-6,9-10,13,19-20H,2,7-8,11-12,14-15H2,1H3,(H,29,30). The van der Waals surface area contributed by atoms with Crippen molar-refractivity contribution in [2.45, 2.75) is 50.6 Å². The summed E-state index contributed by atoms with van der Waals surface area (Å²) >= 11 is 0. The fraction of sp³-hybridized carbons (Fsp3) is 0.440. The van der Waals surface area contributed by atoms with Crippen LogP contribution >= 0.6 is 0 Å². The summed E-state index contributed by atoms with van der Waals surface area (Å²) in [7, 11) is 0. The van der Waals surface area contributed by atoms with Crippen LogP contribution in [0.4, 0.5) is 4.39 Å². The number of nitrogens with zero attached hydrogens (tertiary/aromatic N) is 2. The maximum atomic E-state index is 14.0. The molecule has 0 unspecified atom stereocenters. The molecular formula is C25H25FN2O3. The zero-order valence-corrected chi connectivity index (χ0v) is 17.5. The van der Waals surface area contributed by atoms with E-state index in [0.29, 0.717) is 18.2 Å². The number of aromatic nitrogens is 1. The molecular weight excluding hydrogens is 395 g/mol. The summed E-state index contributed by atoms with van der Waals surface area (Å²) in [6.07, 6.45) is 5.38. The Labute approximate surface area is 181 Å². The highest BCUT2D eigenvalue weighted by Gasteiger charge is 2.51. The molecule has 2 aromatic rings. The van der Waals surface area contributed by atoms with Crippen molar-refractivity contribution in [2.24, 2.45) is 5.92 Å². The first-order valence-corrected chi connectivity index (χ1v) is 10.9. The van der Waals surface area contributed by atoms with Gasteiger partial charge in [-0.2, -0.15) is 0 Å². The Morgan fingerprint density at radius 3 is 2.74 bits per heavy atom. The summed E-state index contributed by atoms with van der Waals surface area (Å²) in [4.78, 5) is 17.6. The monoisotopic (exact) mass is 420 g/mol. The van der Waals surface area contributed by atoms with Gasteiger partial charge in [0.05, 0.1) is 12.5 Å². The van der Waals surface area contributed by atoms with E-state index < -0.39 is 11.8 Å². The van der Waals surface area contributed by atoms with Gasteiger partial charge in [-0.25, -0.2) is 9.37 Å². The van der Waals surface area contributed by atoms with Gasteiger partial charge in [0, 0.05) is 41.9 Å². The molecule has 5 rings (SSSR count). The number of benzene rings is 1. The van der Waals surface area contributed by atoms with Crippen LogP contribution in [0.5, 0.6) is 5.88 Å². The number of hydrogen-bond acceptors (Lipinski definition) is 4. The number of rotatable bonds is 4. The molecule has 1 aliphatic heterocycles. The Morgan fingerprint density at radius 2 is 2.06 bits per heavy atom. The first-order chi connectivity index (χ1) is 15.0. The number of aliphatic carboxylic acids is 1. The van der Waals surface area contributed by atoms with E-state index in [1.807, 2.05) is 6.07 Å². The van der Waals surface area contributed by atoms with E-state index in [-0.39, 0.29) is 17.2 Å². The van der Waals surface area contributed by atoms with E-state index >= 15 is 0 Å². The van der Waals surface area contributed by atoms with E-state index in [9.17, 15) is 14.3 Å². The number of pyridine rings is 1. The van der Waals surface area contributed by atoms with Gasteiger partial charge < -0.3 is 9.84 Å². The van der Waals surface area contributed by atoms with Gasteiger partial charge in [-0.1, -0.05) is 17.9 Å². The summed E-state index contributed by atoms with van der Waals surface area (Å²) in [5.74, 6) is 4.82. The minimum atomic E-state index is -0.666. The molecule has 3 aliphatic rings. The molecule has 160 valence electrons. The number of fused-ring (bicyclic) bond motifs is 2. The number of carbonyl (C=O) groups is 1. The van der Waals surface area contributed by atoms with Crippen LogP contribution in [0.1, 0.15) is 54.9 Å². The van der Waals surface area contributed by atoms with Crippen LogP contribution in [0, 0.1) is 23.6 Å². The van der Waals surface area contributed by atoms with Crippen molar-refractivity contribution < 1.29 is 19.0 Å². The first-order valence-electron chi connectivity index (χ1n) is 10.9. The average molecular weight is 420 g/mol. The van der Waals surface area contributed by atoms with Gasteiger partial charge in [-0.05, 0) is 61.9 Å². The zero-order valence-electron chi connectivity index (χ0n) is 17.5. The highest BCUT2D eigenvalue weighted by Crippen LogP contribution is 2.53. The predicted molar refractivity (Wildman–Crippen MR) is 113 cm³/mol. The molecule has 0 radical (unpaired) electrons. The maximum Gasteiger partial charge on any atom is 0.306 e. The summed E-state index contributed by atoms with van der Waals surface area (Å²) in [5.41, 5.74) is 4.32. The first kappa shape index (κ1) is 20.0. The van der Waals surface area contributed by atoms with Crippen molar-refractivity contribution in [3.63, 3.8) is 0 Å². The SMILES string of the molecule is CCOc1ncc(C#Cc2ccc3c(c2)C2(CC2)CN(C2CC(C(=O)O)C2)C3)cc1F. The highest BCUT2D eigenvalue weighted by molar-refractivity contribution is 5.71. The molecule has 2 saturated carbocycles. The third-order valence-corrected chi connectivity index (χ3v) is 6.83. The van der Waals surface area contributed by atoms with E-state index in [0.717, 1.165) is 44.3 Å². The highest BCUT2D eigenvalue weighted by atomic mass is 19.1. The molecule has 0 amide bonds. The molecule has 2 heterocycles. The molecule has 5 nitrogen and oxygen atoms in total. The van der Waals surface area contributed by atoms with Gasteiger partial charge >= 0.3 is 5.97 Å². The van der Waals surface area contributed by atoms with Crippen molar-refractivity contribution >= 4 is 5.97 Å². The molecule has 1 aromatic carbocycles. The molecule has 6 heteroatoms. The van der Waals surface area contributed by atoms with Gasteiger partial charge in [0.2, 0.25) is 5.88 Å². The summed E-state index contributed by atoms with van der Waals surface area (Å²) in [5, 5.41) is 9.18. The van der Waals surface area contributed by atoms with Crippen LogP contribution in [0.3, 0.4) is 0 Å². The Morgan fingerprint density at radius 1 is 1.29 bits per heavy atom.